The lowest BCUT2D eigenvalue weighted by Gasteiger charge is -2.18. The third-order valence-corrected chi connectivity index (χ3v) is 12.5. The minimum atomic E-state index is -0.802. The predicted octanol–water partition coefficient (Wildman–Crippen LogP) is 20.3. The standard InChI is InChI=1S/C66H110O6/c1-4-7-10-13-16-19-22-25-28-30-31-32-33-34-35-36-39-41-44-47-50-53-56-59-65(68)71-62-63(61-70-64(67)58-55-52-49-46-43-40-37-27-24-21-18-15-12-9-6-3)72-66(69)60-57-54-51-48-45-42-38-29-26-23-20-17-14-11-8-5-2/h7,10,16,18-19,21,25,27-29,31-32,34-35,37-39,41,63H,4-6,8-9,11-15,17,20,22-24,26,30,33,36,40,42-62H2,1-3H3/b10-7-,19-16-,21-18-,28-25-,32-31-,35-34-,37-27-,38-29-,41-39-. The summed E-state index contributed by atoms with van der Waals surface area (Å²) in [4.78, 5) is 38.2. The minimum absolute atomic E-state index is 0.0980. The molecule has 0 N–H and O–H groups in total. The Morgan fingerprint density at radius 2 is 0.542 bits per heavy atom. The molecule has 0 aliphatic heterocycles. The third kappa shape index (κ3) is 57.0. The summed E-state index contributed by atoms with van der Waals surface area (Å²) in [5, 5.41) is 0. The summed E-state index contributed by atoms with van der Waals surface area (Å²) in [7, 11) is 0. The van der Waals surface area contributed by atoms with Crippen LogP contribution >= 0.6 is 0 Å². The van der Waals surface area contributed by atoms with Crippen molar-refractivity contribution in [2.75, 3.05) is 13.2 Å². The van der Waals surface area contributed by atoms with E-state index in [1.165, 1.54) is 83.5 Å². The zero-order valence-corrected chi connectivity index (χ0v) is 46.9. The van der Waals surface area contributed by atoms with Crippen LogP contribution in [0.5, 0.6) is 0 Å². The van der Waals surface area contributed by atoms with E-state index in [9.17, 15) is 14.4 Å². The summed E-state index contributed by atoms with van der Waals surface area (Å²) in [6.07, 6.45) is 80.7. The van der Waals surface area contributed by atoms with Gasteiger partial charge < -0.3 is 14.2 Å². The van der Waals surface area contributed by atoms with Gasteiger partial charge >= 0.3 is 17.9 Å². The second-order valence-corrected chi connectivity index (χ2v) is 19.5. The third-order valence-electron chi connectivity index (χ3n) is 12.5. The molecule has 0 heterocycles. The molecule has 0 aliphatic carbocycles. The highest BCUT2D eigenvalue weighted by atomic mass is 16.6. The van der Waals surface area contributed by atoms with E-state index in [0.29, 0.717) is 19.3 Å². The molecule has 0 saturated heterocycles. The second kappa shape index (κ2) is 59.6. The number of hydrogen-bond donors (Lipinski definition) is 0. The fourth-order valence-corrected chi connectivity index (χ4v) is 8.00. The van der Waals surface area contributed by atoms with Crippen molar-refractivity contribution in [2.45, 2.75) is 277 Å². The van der Waals surface area contributed by atoms with Crippen molar-refractivity contribution in [3.05, 3.63) is 109 Å². The van der Waals surface area contributed by atoms with E-state index in [4.69, 9.17) is 14.2 Å². The van der Waals surface area contributed by atoms with E-state index in [0.717, 1.165) is 148 Å². The highest BCUT2D eigenvalue weighted by Crippen LogP contribution is 2.14. The van der Waals surface area contributed by atoms with Crippen LogP contribution < -0.4 is 0 Å². The summed E-state index contributed by atoms with van der Waals surface area (Å²) in [6.45, 7) is 6.46. The molecule has 0 aliphatic rings. The van der Waals surface area contributed by atoms with Gasteiger partial charge in [0.1, 0.15) is 13.2 Å². The van der Waals surface area contributed by atoms with Crippen LogP contribution in [0.15, 0.2) is 109 Å². The van der Waals surface area contributed by atoms with E-state index in [2.05, 4.69) is 130 Å². The summed E-state index contributed by atoms with van der Waals surface area (Å²) in [5.74, 6) is -0.942. The number of ether oxygens (including phenoxy) is 3. The summed E-state index contributed by atoms with van der Waals surface area (Å²) >= 11 is 0. The van der Waals surface area contributed by atoms with Crippen LogP contribution in [0.3, 0.4) is 0 Å². The van der Waals surface area contributed by atoms with Gasteiger partial charge in [0.2, 0.25) is 0 Å². The second-order valence-electron chi connectivity index (χ2n) is 19.5. The van der Waals surface area contributed by atoms with E-state index in [-0.39, 0.29) is 31.1 Å². The number of rotatable bonds is 53. The molecule has 0 radical (unpaired) electrons. The molecule has 0 aromatic heterocycles. The SMILES string of the molecule is CC/C=C\C/C=C\C/C=C\C/C=C\C/C=C\C/C=C\CCCCCCC(=O)OCC(COC(=O)CCCCCCC/C=C\C/C=C\CCCCC)OC(=O)CCCCCCC/C=C\CCCCCCCCC. The van der Waals surface area contributed by atoms with Gasteiger partial charge in [-0.05, 0) is 128 Å². The van der Waals surface area contributed by atoms with E-state index in [1.54, 1.807) is 0 Å². The van der Waals surface area contributed by atoms with E-state index in [1.807, 2.05) is 0 Å². The van der Waals surface area contributed by atoms with Crippen molar-refractivity contribution in [2.24, 2.45) is 0 Å². The van der Waals surface area contributed by atoms with Crippen LogP contribution in [-0.2, 0) is 28.6 Å². The lowest BCUT2D eigenvalue weighted by molar-refractivity contribution is -0.167. The molecular formula is C66H110O6. The first-order valence-corrected chi connectivity index (χ1v) is 29.9. The Bertz CT molecular complexity index is 1470. The Kier molecular flexibility index (Phi) is 56.4. The summed E-state index contributed by atoms with van der Waals surface area (Å²) in [5.41, 5.74) is 0. The molecule has 0 fully saturated rings. The van der Waals surface area contributed by atoms with Crippen molar-refractivity contribution in [1.29, 1.82) is 0 Å². The maximum absolute atomic E-state index is 12.9. The molecule has 0 bridgehead atoms. The van der Waals surface area contributed by atoms with Gasteiger partial charge in [-0.1, -0.05) is 233 Å². The first-order chi connectivity index (χ1) is 35.5. The van der Waals surface area contributed by atoms with Crippen LogP contribution in [0.1, 0.15) is 271 Å². The van der Waals surface area contributed by atoms with Crippen LogP contribution in [0.25, 0.3) is 0 Å². The first kappa shape index (κ1) is 68.1. The van der Waals surface area contributed by atoms with Gasteiger partial charge in [0.15, 0.2) is 6.10 Å². The number of unbranched alkanes of at least 4 members (excludes halogenated alkanes) is 24. The zero-order valence-electron chi connectivity index (χ0n) is 46.9. The largest absolute Gasteiger partial charge is 0.462 e. The van der Waals surface area contributed by atoms with Crippen LogP contribution in [0.2, 0.25) is 0 Å². The molecule has 0 spiro atoms. The molecule has 0 aromatic rings. The lowest BCUT2D eigenvalue weighted by atomic mass is 10.1. The number of carbonyl (C=O) groups is 3. The summed E-state index contributed by atoms with van der Waals surface area (Å²) in [6, 6.07) is 0. The molecule has 6 nitrogen and oxygen atoms in total. The van der Waals surface area contributed by atoms with Gasteiger partial charge in [0, 0.05) is 19.3 Å². The molecule has 1 atom stereocenters. The average molecular weight is 1000 g/mol. The molecular weight excluding hydrogens is 889 g/mol. The van der Waals surface area contributed by atoms with Gasteiger partial charge in [-0.25, -0.2) is 0 Å². The smallest absolute Gasteiger partial charge is 0.306 e. The fraction of sp³-hybridized carbons (Fsp3) is 0.682. The van der Waals surface area contributed by atoms with Crippen LogP contribution in [-0.4, -0.2) is 37.2 Å². The van der Waals surface area contributed by atoms with E-state index >= 15 is 0 Å². The van der Waals surface area contributed by atoms with Gasteiger partial charge in [-0.15, -0.1) is 0 Å². The van der Waals surface area contributed by atoms with Crippen molar-refractivity contribution < 1.29 is 28.6 Å². The number of allylic oxidation sites excluding steroid dienone is 18. The minimum Gasteiger partial charge on any atom is -0.462 e. The van der Waals surface area contributed by atoms with Gasteiger partial charge in [0.05, 0.1) is 0 Å². The normalized spacial score (nSPS) is 12.9. The van der Waals surface area contributed by atoms with Crippen LogP contribution in [0, 0.1) is 0 Å². The molecule has 0 saturated carbocycles. The Morgan fingerprint density at radius 1 is 0.292 bits per heavy atom. The van der Waals surface area contributed by atoms with Crippen molar-refractivity contribution in [1.82, 2.24) is 0 Å². The molecule has 6 heteroatoms. The van der Waals surface area contributed by atoms with Gasteiger partial charge in [-0.3, -0.25) is 14.4 Å². The fourth-order valence-electron chi connectivity index (χ4n) is 8.00. The number of hydrogen-bond acceptors (Lipinski definition) is 6. The predicted molar refractivity (Wildman–Crippen MR) is 311 cm³/mol. The molecule has 0 aromatic carbocycles. The Morgan fingerprint density at radius 3 is 0.889 bits per heavy atom. The molecule has 72 heavy (non-hydrogen) atoms. The topological polar surface area (TPSA) is 78.9 Å². The first-order valence-electron chi connectivity index (χ1n) is 29.9. The zero-order chi connectivity index (χ0) is 52.2. The quantitative estimate of drug-likeness (QED) is 0.0261. The number of carbonyl (C=O) groups excluding carboxylic acids is 3. The molecule has 410 valence electrons. The summed E-state index contributed by atoms with van der Waals surface area (Å²) < 4.78 is 16.9. The van der Waals surface area contributed by atoms with Gasteiger partial charge in [-0.2, -0.15) is 0 Å². The average Bonchev–Trinajstić information content (AvgIpc) is 3.38. The Hall–Kier alpha value is -3.93. The van der Waals surface area contributed by atoms with Gasteiger partial charge in [0.25, 0.3) is 0 Å². The van der Waals surface area contributed by atoms with Crippen molar-refractivity contribution >= 4 is 17.9 Å². The monoisotopic (exact) mass is 999 g/mol. The molecule has 0 amide bonds. The molecule has 0 rings (SSSR count). The van der Waals surface area contributed by atoms with Crippen molar-refractivity contribution in [3.63, 3.8) is 0 Å². The number of esters is 3. The van der Waals surface area contributed by atoms with E-state index < -0.39 is 6.10 Å². The maximum Gasteiger partial charge on any atom is 0.306 e. The highest BCUT2D eigenvalue weighted by molar-refractivity contribution is 5.71. The van der Waals surface area contributed by atoms with Crippen molar-refractivity contribution in [3.8, 4) is 0 Å². The Balaban J connectivity index is 4.46. The molecule has 1 unspecified atom stereocenters. The lowest BCUT2D eigenvalue weighted by Crippen LogP contribution is -2.30. The van der Waals surface area contributed by atoms with Crippen LogP contribution in [0.4, 0.5) is 0 Å². The maximum atomic E-state index is 12.9. The Labute approximate surface area is 444 Å². The highest BCUT2D eigenvalue weighted by Gasteiger charge is 2.19.